The maximum absolute atomic E-state index is 14.0. The zero-order valence-corrected chi connectivity index (χ0v) is 17.8. The fourth-order valence-electron chi connectivity index (χ4n) is 2.55. The molecular weight excluding hydrogens is 444 g/mol. The first-order chi connectivity index (χ1) is 15.6. The van der Waals surface area contributed by atoms with Crippen LogP contribution in [0.5, 0.6) is 17.2 Å². The van der Waals surface area contributed by atoms with Crippen LogP contribution in [0.4, 0.5) is 17.6 Å². The second kappa shape index (κ2) is 11.8. The van der Waals surface area contributed by atoms with Crippen LogP contribution in [-0.2, 0) is 11.3 Å². The van der Waals surface area contributed by atoms with E-state index in [2.05, 4.69) is 10.3 Å². The number of benzene rings is 2. The fraction of sp³-hybridized carbons (Fsp3) is 0.217. The van der Waals surface area contributed by atoms with Crippen molar-refractivity contribution in [2.24, 2.45) is 0 Å². The Kier molecular flexibility index (Phi) is 9.17. The lowest BCUT2D eigenvalue weighted by molar-refractivity contribution is -0.192. The zero-order valence-electron chi connectivity index (χ0n) is 17.8. The average Bonchev–Trinajstić information content (AvgIpc) is 2.79. The summed E-state index contributed by atoms with van der Waals surface area (Å²) in [4.78, 5) is 12.9. The van der Waals surface area contributed by atoms with Gasteiger partial charge in [0.15, 0.2) is 0 Å². The van der Waals surface area contributed by atoms with Crippen LogP contribution in [-0.4, -0.2) is 29.3 Å². The third-order valence-electron chi connectivity index (χ3n) is 4.35. The molecule has 0 radical (unpaired) electrons. The van der Waals surface area contributed by atoms with Gasteiger partial charge < -0.3 is 19.9 Å². The second-order valence-electron chi connectivity index (χ2n) is 6.72. The van der Waals surface area contributed by atoms with Crippen LogP contribution < -0.4 is 14.8 Å². The van der Waals surface area contributed by atoms with Gasteiger partial charge in [0.05, 0.1) is 13.3 Å². The summed E-state index contributed by atoms with van der Waals surface area (Å²) in [6.45, 7) is 2.48. The SMILES string of the molecule is COc1ccc(CNC(C)c2ccc(Oc3cccnc3)cc2)c(F)c1.O=C(O)C(F)(F)F. The molecule has 1 heterocycles. The van der Waals surface area contributed by atoms with E-state index in [9.17, 15) is 17.6 Å². The van der Waals surface area contributed by atoms with Crippen molar-refractivity contribution >= 4 is 5.97 Å². The molecule has 0 spiro atoms. The Morgan fingerprint density at radius 2 is 1.73 bits per heavy atom. The van der Waals surface area contributed by atoms with Gasteiger partial charge in [-0.25, -0.2) is 9.18 Å². The van der Waals surface area contributed by atoms with Crippen molar-refractivity contribution in [1.82, 2.24) is 10.3 Å². The number of methoxy groups -OCH3 is 1. The molecule has 0 amide bonds. The number of carbonyl (C=O) groups is 1. The van der Waals surface area contributed by atoms with Gasteiger partial charge in [-0.15, -0.1) is 0 Å². The predicted octanol–water partition coefficient (Wildman–Crippen LogP) is 5.51. The Morgan fingerprint density at radius 3 is 2.24 bits per heavy atom. The first kappa shape index (κ1) is 25.6. The minimum atomic E-state index is -5.08. The first-order valence-electron chi connectivity index (χ1n) is 9.64. The molecule has 6 nitrogen and oxygen atoms in total. The standard InChI is InChI=1S/C21H21FN2O2.C2HF3O2/c1-15(24-13-17-7-10-19(25-2)12-21(17)22)16-5-8-18(9-6-16)26-20-4-3-11-23-14-20;3-2(4,5)1(6)7/h3-12,14-15,24H,13H2,1-2H3;(H,6,7). The lowest BCUT2D eigenvalue weighted by atomic mass is 10.1. The Bertz CT molecular complexity index is 1030. The Balaban J connectivity index is 0.000000479. The highest BCUT2D eigenvalue weighted by Gasteiger charge is 2.38. The molecule has 10 heteroatoms. The number of hydrogen-bond donors (Lipinski definition) is 2. The molecule has 0 aliphatic carbocycles. The average molecular weight is 466 g/mol. The maximum atomic E-state index is 14.0. The molecule has 3 aromatic rings. The highest BCUT2D eigenvalue weighted by molar-refractivity contribution is 5.73. The molecule has 0 aliphatic rings. The van der Waals surface area contributed by atoms with Crippen LogP contribution in [0.25, 0.3) is 0 Å². The molecule has 1 unspecified atom stereocenters. The molecule has 1 atom stereocenters. The molecule has 2 N–H and O–H groups in total. The van der Waals surface area contributed by atoms with E-state index < -0.39 is 12.1 Å². The van der Waals surface area contributed by atoms with Crippen LogP contribution in [0, 0.1) is 5.82 Å². The van der Waals surface area contributed by atoms with Crippen LogP contribution in [0.15, 0.2) is 67.0 Å². The van der Waals surface area contributed by atoms with Crippen LogP contribution in [0.1, 0.15) is 24.1 Å². The number of carboxylic acid groups (broad SMARTS) is 1. The zero-order chi connectivity index (χ0) is 24.4. The van der Waals surface area contributed by atoms with Gasteiger partial charge >= 0.3 is 12.1 Å². The molecule has 0 saturated carbocycles. The molecule has 3 rings (SSSR count). The molecule has 0 saturated heterocycles. The van der Waals surface area contributed by atoms with Gasteiger partial charge in [0.1, 0.15) is 23.1 Å². The number of nitrogens with one attached hydrogen (secondary N) is 1. The molecule has 0 aliphatic heterocycles. The summed E-state index contributed by atoms with van der Waals surface area (Å²) < 4.78 is 56.5. The van der Waals surface area contributed by atoms with Gasteiger partial charge in [-0.3, -0.25) is 4.98 Å². The number of halogens is 4. The molecule has 33 heavy (non-hydrogen) atoms. The van der Waals surface area contributed by atoms with E-state index in [1.54, 1.807) is 24.5 Å². The fourth-order valence-corrected chi connectivity index (χ4v) is 2.55. The van der Waals surface area contributed by atoms with Crippen molar-refractivity contribution in [3.8, 4) is 17.2 Å². The minimum absolute atomic E-state index is 0.0731. The van der Waals surface area contributed by atoms with Crippen molar-refractivity contribution in [3.05, 3.63) is 83.9 Å². The Labute approximate surface area is 187 Å². The van der Waals surface area contributed by atoms with E-state index in [0.717, 1.165) is 11.3 Å². The van der Waals surface area contributed by atoms with Gasteiger partial charge in [-0.05, 0) is 42.8 Å². The van der Waals surface area contributed by atoms with E-state index in [4.69, 9.17) is 19.4 Å². The summed E-state index contributed by atoms with van der Waals surface area (Å²) in [6.07, 6.45) is -1.71. The number of nitrogens with zero attached hydrogens (tertiary/aromatic N) is 1. The predicted molar refractivity (Wildman–Crippen MR) is 113 cm³/mol. The summed E-state index contributed by atoms with van der Waals surface area (Å²) >= 11 is 0. The number of aliphatic carboxylic acids is 1. The Morgan fingerprint density at radius 1 is 1.09 bits per heavy atom. The largest absolute Gasteiger partial charge is 0.497 e. The monoisotopic (exact) mass is 466 g/mol. The number of hydrogen-bond acceptors (Lipinski definition) is 5. The van der Waals surface area contributed by atoms with Gasteiger partial charge in [0.25, 0.3) is 0 Å². The summed E-state index contributed by atoms with van der Waals surface area (Å²) in [5, 5.41) is 10.5. The van der Waals surface area contributed by atoms with Crippen LogP contribution in [0.2, 0.25) is 0 Å². The summed E-state index contributed by atoms with van der Waals surface area (Å²) in [5.74, 6) is -1.07. The van der Waals surface area contributed by atoms with Crippen LogP contribution >= 0.6 is 0 Å². The smallest absolute Gasteiger partial charge is 0.490 e. The van der Waals surface area contributed by atoms with Crippen molar-refractivity contribution < 1.29 is 36.9 Å². The molecule has 0 bridgehead atoms. The highest BCUT2D eigenvalue weighted by atomic mass is 19.4. The normalized spacial score (nSPS) is 11.7. The number of ether oxygens (including phenoxy) is 2. The second-order valence-corrected chi connectivity index (χ2v) is 6.72. The first-order valence-corrected chi connectivity index (χ1v) is 9.64. The summed E-state index contributed by atoms with van der Waals surface area (Å²) in [7, 11) is 1.52. The molecule has 0 fully saturated rings. The van der Waals surface area contributed by atoms with Crippen molar-refractivity contribution in [3.63, 3.8) is 0 Å². The lowest BCUT2D eigenvalue weighted by Crippen LogP contribution is -2.21. The quantitative estimate of drug-likeness (QED) is 0.447. The highest BCUT2D eigenvalue weighted by Crippen LogP contribution is 2.23. The Hall–Kier alpha value is -3.66. The molecule has 2 aromatic carbocycles. The third-order valence-corrected chi connectivity index (χ3v) is 4.35. The topological polar surface area (TPSA) is 80.7 Å². The van der Waals surface area contributed by atoms with Gasteiger partial charge in [-0.2, -0.15) is 13.2 Å². The van der Waals surface area contributed by atoms with Crippen molar-refractivity contribution in [2.75, 3.05) is 7.11 Å². The van der Waals surface area contributed by atoms with E-state index in [1.807, 2.05) is 43.3 Å². The summed E-state index contributed by atoms with van der Waals surface area (Å²) in [6, 6.07) is 16.5. The van der Waals surface area contributed by atoms with Gasteiger partial charge in [-0.1, -0.05) is 18.2 Å². The van der Waals surface area contributed by atoms with Crippen molar-refractivity contribution in [1.29, 1.82) is 0 Å². The molecule has 1 aromatic heterocycles. The molecule has 176 valence electrons. The molecular formula is C23H22F4N2O4. The van der Waals surface area contributed by atoms with Crippen molar-refractivity contribution in [2.45, 2.75) is 25.7 Å². The minimum Gasteiger partial charge on any atom is -0.497 e. The number of alkyl halides is 3. The third kappa shape index (κ3) is 8.41. The van der Waals surface area contributed by atoms with Gasteiger partial charge in [0, 0.05) is 30.4 Å². The van der Waals surface area contributed by atoms with E-state index in [-0.39, 0.29) is 11.9 Å². The number of carboxylic acids is 1. The lowest BCUT2D eigenvalue weighted by Gasteiger charge is -2.15. The number of aromatic nitrogens is 1. The maximum Gasteiger partial charge on any atom is 0.490 e. The van der Waals surface area contributed by atoms with E-state index in [0.29, 0.717) is 23.6 Å². The van der Waals surface area contributed by atoms with E-state index in [1.165, 1.54) is 13.2 Å². The summed E-state index contributed by atoms with van der Waals surface area (Å²) in [5.41, 5.74) is 1.70. The van der Waals surface area contributed by atoms with Crippen LogP contribution in [0.3, 0.4) is 0 Å². The van der Waals surface area contributed by atoms with Gasteiger partial charge in [0.2, 0.25) is 0 Å². The number of rotatable bonds is 7. The van der Waals surface area contributed by atoms with E-state index >= 15 is 0 Å². The number of pyridine rings is 1.